The first kappa shape index (κ1) is 10.6. The molecule has 0 atom stereocenters. The van der Waals surface area contributed by atoms with E-state index in [2.05, 4.69) is 48.0 Å². The monoisotopic (exact) mass is 283 g/mol. The molecule has 0 unspecified atom stereocenters. The number of hydrogen-bond acceptors (Lipinski definition) is 4. The summed E-state index contributed by atoms with van der Waals surface area (Å²) in [5.74, 6) is 0.847. The number of rotatable bonds is 4. The molecular weight excluding hydrogens is 274 g/mol. The first-order chi connectivity index (χ1) is 7.36. The fourth-order valence-electron chi connectivity index (χ4n) is 1.20. The van der Waals surface area contributed by atoms with Crippen LogP contribution in [0.3, 0.4) is 0 Å². The van der Waals surface area contributed by atoms with E-state index in [0.717, 1.165) is 23.3 Å². The Morgan fingerprint density at radius 2 is 2.40 bits per heavy atom. The van der Waals surface area contributed by atoms with Crippen molar-refractivity contribution < 1.29 is 0 Å². The quantitative estimate of drug-likeness (QED) is 0.938. The number of anilines is 1. The summed E-state index contributed by atoms with van der Waals surface area (Å²) in [5.41, 5.74) is 1.36. The fourth-order valence-corrected chi connectivity index (χ4v) is 2.27. The Kier molecular flexibility index (Phi) is 3.69. The van der Waals surface area contributed by atoms with Crippen molar-refractivity contribution in [3.63, 3.8) is 0 Å². The predicted octanol–water partition coefficient (Wildman–Crippen LogP) is 2.96. The van der Waals surface area contributed by atoms with Gasteiger partial charge in [0, 0.05) is 12.7 Å². The minimum absolute atomic E-state index is 0.847. The molecule has 0 spiro atoms. The largest absolute Gasteiger partial charge is 0.369 e. The third kappa shape index (κ3) is 3.00. The molecule has 2 rings (SSSR count). The van der Waals surface area contributed by atoms with Crippen molar-refractivity contribution in [1.82, 2.24) is 9.97 Å². The molecule has 3 nitrogen and oxygen atoms in total. The molecule has 0 aliphatic heterocycles. The van der Waals surface area contributed by atoms with Crippen molar-refractivity contribution in [1.29, 1.82) is 0 Å². The van der Waals surface area contributed by atoms with E-state index in [-0.39, 0.29) is 0 Å². The standard InChI is InChI=1S/C10H10BrN3S/c11-9-5-12-7-14-10(9)13-3-1-8-2-4-15-6-8/h2,4-7H,1,3H2,(H,12,13,14). The maximum atomic E-state index is 4.13. The number of hydrogen-bond donors (Lipinski definition) is 1. The Labute approximate surface area is 101 Å². The second-order valence-electron chi connectivity index (χ2n) is 3.03. The second-order valence-corrected chi connectivity index (χ2v) is 4.66. The third-order valence-electron chi connectivity index (χ3n) is 1.95. The molecule has 0 aliphatic carbocycles. The summed E-state index contributed by atoms with van der Waals surface area (Å²) >= 11 is 5.12. The maximum absolute atomic E-state index is 4.13. The minimum atomic E-state index is 0.847. The SMILES string of the molecule is Brc1cncnc1NCCc1ccsc1. The van der Waals surface area contributed by atoms with Crippen LogP contribution in [-0.4, -0.2) is 16.5 Å². The van der Waals surface area contributed by atoms with E-state index in [4.69, 9.17) is 0 Å². The van der Waals surface area contributed by atoms with Crippen LogP contribution < -0.4 is 5.32 Å². The van der Waals surface area contributed by atoms with Crippen molar-refractivity contribution >= 4 is 33.1 Å². The van der Waals surface area contributed by atoms with Crippen LogP contribution in [0.2, 0.25) is 0 Å². The zero-order chi connectivity index (χ0) is 10.5. The van der Waals surface area contributed by atoms with E-state index in [1.807, 2.05) is 0 Å². The molecule has 0 aromatic carbocycles. The first-order valence-electron chi connectivity index (χ1n) is 4.57. The Bertz CT molecular complexity index is 416. The summed E-state index contributed by atoms with van der Waals surface area (Å²) in [6.07, 6.45) is 4.29. The van der Waals surface area contributed by atoms with Crippen molar-refractivity contribution in [3.8, 4) is 0 Å². The molecule has 15 heavy (non-hydrogen) atoms. The zero-order valence-corrected chi connectivity index (χ0v) is 10.4. The van der Waals surface area contributed by atoms with Crippen LogP contribution in [0.1, 0.15) is 5.56 Å². The number of nitrogens with one attached hydrogen (secondary N) is 1. The van der Waals surface area contributed by atoms with Crippen molar-refractivity contribution in [2.45, 2.75) is 6.42 Å². The van der Waals surface area contributed by atoms with Gasteiger partial charge in [0.15, 0.2) is 0 Å². The predicted molar refractivity (Wildman–Crippen MR) is 66.2 cm³/mol. The Balaban J connectivity index is 1.86. The van der Waals surface area contributed by atoms with Crippen LogP contribution in [0.5, 0.6) is 0 Å². The fraction of sp³-hybridized carbons (Fsp3) is 0.200. The lowest BCUT2D eigenvalue weighted by atomic mass is 10.2. The molecule has 2 heterocycles. The summed E-state index contributed by atoms with van der Waals surface area (Å²) < 4.78 is 0.898. The average Bonchev–Trinajstić information content (AvgIpc) is 2.74. The highest BCUT2D eigenvalue weighted by atomic mass is 79.9. The molecule has 5 heteroatoms. The zero-order valence-electron chi connectivity index (χ0n) is 7.98. The van der Waals surface area contributed by atoms with Crippen molar-refractivity contribution in [2.24, 2.45) is 0 Å². The number of thiophene rings is 1. The molecule has 78 valence electrons. The van der Waals surface area contributed by atoms with Gasteiger partial charge in [-0.2, -0.15) is 11.3 Å². The van der Waals surface area contributed by atoms with E-state index in [0.29, 0.717) is 0 Å². The summed E-state index contributed by atoms with van der Waals surface area (Å²) in [6, 6.07) is 2.14. The van der Waals surface area contributed by atoms with E-state index in [1.54, 1.807) is 17.5 Å². The Morgan fingerprint density at radius 3 is 3.13 bits per heavy atom. The van der Waals surface area contributed by atoms with Gasteiger partial charge in [-0.05, 0) is 44.7 Å². The topological polar surface area (TPSA) is 37.8 Å². The summed E-state index contributed by atoms with van der Waals surface area (Å²) in [4.78, 5) is 8.04. The highest BCUT2D eigenvalue weighted by Gasteiger charge is 1.99. The molecule has 0 fully saturated rings. The van der Waals surface area contributed by atoms with Crippen LogP contribution in [0.4, 0.5) is 5.82 Å². The first-order valence-corrected chi connectivity index (χ1v) is 6.30. The van der Waals surface area contributed by atoms with Gasteiger partial charge in [-0.25, -0.2) is 9.97 Å². The maximum Gasteiger partial charge on any atom is 0.143 e. The van der Waals surface area contributed by atoms with Gasteiger partial charge in [-0.15, -0.1) is 0 Å². The Hall–Kier alpha value is -0.940. The van der Waals surface area contributed by atoms with Crippen LogP contribution in [0, 0.1) is 0 Å². The van der Waals surface area contributed by atoms with E-state index < -0.39 is 0 Å². The molecule has 0 aliphatic rings. The van der Waals surface area contributed by atoms with Crippen LogP contribution >= 0.6 is 27.3 Å². The van der Waals surface area contributed by atoms with E-state index in [1.165, 1.54) is 11.9 Å². The number of nitrogens with zero attached hydrogens (tertiary/aromatic N) is 2. The molecular formula is C10H10BrN3S. The van der Waals surface area contributed by atoms with E-state index >= 15 is 0 Å². The Morgan fingerprint density at radius 1 is 1.47 bits per heavy atom. The second kappa shape index (κ2) is 5.23. The molecule has 0 amide bonds. The smallest absolute Gasteiger partial charge is 0.143 e. The minimum Gasteiger partial charge on any atom is -0.369 e. The van der Waals surface area contributed by atoms with Gasteiger partial charge in [0.05, 0.1) is 4.47 Å². The molecule has 0 bridgehead atoms. The van der Waals surface area contributed by atoms with Crippen molar-refractivity contribution in [3.05, 3.63) is 39.4 Å². The van der Waals surface area contributed by atoms with Crippen LogP contribution in [-0.2, 0) is 6.42 Å². The lowest BCUT2D eigenvalue weighted by Crippen LogP contribution is -2.06. The average molecular weight is 284 g/mol. The van der Waals surface area contributed by atoms with Gasteiger partial charge < -0.3 is 5.32 Å². The lowest BCUT2D eigenvalue weighted by Gasteiger charge is -2.05. The highest BCUT2D eigenvalue weighted by molar-refractivity contribution is 9.10. The molecule has 0 radical (unpaired) electrons. The number of aromatic nitrogens is 2. The lowest BCUT2D eigenvalue weighted by molar-refractivity contribution is 1.00. The van der Waals surface area contributed by atoms with Gasteiger partial charge in [0.2, 0.25) is 0 Å². The summed E-state index contributed by atoms with van der Waals surface area (Å²) in [6.45, 7) is 0.881. The summed E-state index contributed by atoms with van der Waals surface area (Å²) in [7, 11) is 0. The van der Waals surface area contributed by atoms with Gasteiger partial charge in [-0.1, -0.05) is 0 Å². The molecule has 0 saturated heterocycles. The van der Waals surface area contributed by atoms with Crippen molar-refractivity contribution in [2.75, 3.05) is 11.9 Å². The van der Waals surface area contributed by atoms with E-state index in [9.17, 15) is 0 Å². The van der Waals surface area contributed by atoms with Gasteiger partial charge in [0.25, 0.3) is 0 Å². The van der Waals surface area contributed by atoms with Gasteiger partial charge in [-0.3, -0.25) is 0 Å². The molecule has 0 saturated carbocycles. The summed E-state index contributed by atoms with van der Waals surface area (Å²) in [5, 5.41) is 7.51. The van der Waals surface area contributed by atoms with Crippen LogP contribution in [0.25, 0.3) is 0 Å². The normalized spacial score (nSPS) is 10.2. The molecule has 1 N–H and O–H groups in total. The number of halogens is 1. The molecule has 2 aromatic heterocycles. The molecule has 2 aromatic rings. The van der Waals surface area contributed by atoms with Gasteiger partial charge in [0.1, 0.15) is 12.1 Å². The highest BCUT2D eigenvalue weighted by Crippen LogP contribution is 2.17. The van der Waals surface area contributed by atoms with Gasteiger partial charge >= 0.3 is 0 Å². The van der Waals surface area contributed by atoms with Crippen LogP contribution in [0.15, 0.2) is 33.8 Å². The third-order valence-corrected chi connectivity index (χ3v) is 3.27.